The fourth-order valence-electron chi connectivity index (χ4n) is 2.34. The van der Waals surface area contributed by atoms with Gasteiger partial charge in [-0.3, -0.25) is 0 Å². The van der Waals surface area contributed by atoms with Crippen molar-refractivity contribution in [2.24, 2.45) is 5.92 Å². The molecule has 1 nitrogen and oxygen atoms in total. The third kappa shape index (κ3) is 4.12. The molecule has 1 unspecified atom stereocenters. The van der Waals surface area contributed by atoms with Crippen LogP contribution in [-0.2, 0) is 0 Å². The first-order chi connectivity index (χ1) is 6.36. The molecule has 0 radical (unpaired) electrons. The highest BCUT2D eigenvalue weighted by molar-refractivity contribution is 4.68. The smallest absolute Gasteiger partial charge is 0.000955 e. The Hall–Kier alpha value is -0.0400. The number of rotatable bonds is 5. The van der Waals surface area contributed by atoms with Crippen LogP contribution in [0.25, 0.3) is 0 Å². The molecule has 13 heavy (non-hydrogen) atoms. The normalized spacial score (nSPS) is 21.7. The minimum absolute atomic E-state index is 0.961. The minimum atomic E-state index is 0.961. The van der Waals surface area contributed by atoms with E-state index >= 15 is 0 Å². The molecule has 1 fully saturated rings. The van der Waals surface area contributed by atoms with E-state index in [4.69, 9.17) is 0 Å². The minimum Gasteiger partial charge on any atom is -0.303 e. The van der Waals surface area contributed by atoms with Gasteiger partial charge in [-0.2, -0.15) is 0 Å². The van der Waals surface area contributed by atoms with Crippen molar-refractivity contribution >= 4 is 0 Å². The second-order valence-corrected chi connectivity index (χ2v) is 4.42. The molecule has 78 valence electrons. The van der Waals surface area contributed by atoms with Gasteiger partial charge in [0.1, 0.15) is 0 Å². The van der Waals surface area contributed by atoms with Crippen molar-refractivity contribution in [1.29, 1.82) is 0 Å². The summed E-state index contributed by atoms with van der Waals surface area (Å²) in [5.74, 6) is 0.961. The van der Waals surface area contributed by atoms with Crippen LogP contribution in [0.4, 0.5) is 0 Å². The van der Waals surface area contributed by atoms with Crippen LogP contribution in [0.1, 0.15) is 52.4 Å². The van der Waals surface area contributed by atoms with E-state index in [2.05, 4.69) is 18.7 Å². The molecular weight excluding hydrogens is 158 g/mol. The maximum absolute atomic E-state index is 2.67. The Morgan fingerprint density at radius 2 is 1.77 bits per heavy atom. The molecule has 1 atom stereocenters. The lowest BCUT2D eigenvalue weighted by molar-refractivity contribution is 0.188. The highest BCUT2D eigenvalue weighted by atomic mass is 15.1. The fraction of sp³-hybridized carbons (Fsp3) is 1.00. The zero-order valence-corrected chi connectivity index (χ0v) is 9.39. The summed E-state index contributed by atoms with van der Waals surface area (Å²) in [5.41, 5.74) is 0. The lowest BCUT2D eigenvalue weighted by atomic mass is 9.99. The van der Waals surface area contributed by atoms with Crippen molar-refractivity contribution in [3.05, 3.63) is 0 Å². The summed E-state index contributed by atoms with van der Waals surface area (Å²) < 4.78 is 0. The second-order valence-electron chi connectivity index (χ2n) is 4.42. The quantitative estimate of drug-likeness (QED) is 0.632. The second kappa shape index (κ2) is 6.42. The van der Waals surface area contributed by atoms with E-state index in [1.165, 1.54) is 58.2 Å². The van der Waals surface area contributed by atoms with Gasteiger partial charge in [-0.15, -0.1) is 0 Å². The van der Waals surface area contributed by atoms with Gasteiger partial charge in [0.15, 0.2) is 0 Å². The van der Waals surface area contributed by atoms with Crippen molar-refractivity contribution in [2.75, 3.05) is 19.6 Å². The van der Waals surface area contributed by atoms with Crippen LogP contribution in [0.5, 0.6) is 0 Å². The van der Waals surface area contributed by atoms with Crippen LogP contribution in [0.15, 0.2) is 0 Å². The molecule has 0 aromatic carbocycles. The molecular formula is C12H25N. The van der Waals surface area contributed by atoms with Gasteiger partial charge in [0.2, 0.25) is 0 Å². The van der Waals surface area contributed by atoms with Crippen molar-refractivity contribution < 1.29 is 0 Å². The van der Waals surface area contributed by atoms with E-state index in [0.717, 1.165) is 5.92 Å². The van der Waals surface area contributed by atoms with Gasteiger partial charge in [0, 0.05) is 6.54 Å². The van der Waals surface area contributed by atoms with E-state index in [0.29, 0.717) is 0 Å². The van der Waals surface area contributed by atoms with Gasteiger partial charge in [-0.05, 0) is 38.3 Å². The highest BCUT2D eigenvalue weighted by Crippen LogP contribution is 2.16. The average molecular weight is 183 g/mol. The summed E-state index contributed by atoms with van der Waals surface area (Å²) in [6.45, 7) is 8.73. The summed E-state index contributed by atoms with van der Waals surface area (Å²) >= 11 is 0. The van der Waals surface area contributed by atoms with Crippen LogP contribution >= 0.6 is 0 Å². The van der Waals surface area contributed by atoms with Crippen LogP contribution in [0, 0.1) is 5.92 Å². The number of piperidine rings is 1. The molecule has 0 aromatic rings. The predicted octanol–water partition coefficient (Wildman–Crippen LogP) is 3.30. The topological polar surface area (TPSA) is 3.24 Å². The Morgan fingerprint density at radius 1 is 1.08 bits per heavy atom. The molecule has 1 aliphatic heterocycles. The first kappa shape index (κ1) is 11.0. The standard InChI is InChI=1S/C12H25N/c1-3-8-12(4-2)11-13-9-6-5-7-10-13/h12H,3-11H2,1-2H3. The van der Waals surface area contributed by atoms with E-state index in [1.807, 2.05) is 0 Å². The number of hydrogen-bond donors (Lipinski definition) is 0. The Balaban J connectivity index is 2.18. The summed E-state index contributed by atoms with van der Waals surface area (Å²) in [5, 5.41) is 0. The maximum atomic E-state index is 2.67. The maximum Gasteiger partial charge on any atom is 0.000955 e. The van der Waals surface area contributed by atoms with Gasteiger partial charge in [0.05, 0.1) is 0 Å². The molecule has 0 aromatic heterocycles. The first-order valence-electron chi connectivity index (χ1n) is 6.09. The van der Waals surface area contributed by atoms with E-state index in [1.54, 1.807) is 0 Å². The number of likely N-dealkylation sites (tertiary alicyclic amines) is 1. The molecule has 0 spiro atoms. The summed E-state index contributed by atoms with van der Waals surface area (Å²) in [6, 6.07) is 0. The largest absolute Gasteiger partial charge is 0.303 e. The van der Waals surface area contributed by atoms with Crippen molar-refractivity contribution in [3.8, 4) is 0 Å². The van der Waals surface area contributed by atoms with Crippen molar-refractivity contribution in [2.45, 2.75) is 52.4 Å². The van der Waals surface area contributed by atoms with Crippen LogP contribution in [0.3, 0.4) is 0 Å². The summed E-state index contributed by atoms with van der Waals surface area (Å²) in [6.07, 6.45) is 8.47. The summed E-state index contributed by atoms with van der Waals surface area (Å²) in [4.78, 5) is 2.67. The molecule has 0 N–H and O–H groups in total. The average Bonchev–Trinajstić information content (AvgIpc) is 2.19. The Morgan fingerprint density at radius 3 is 2.31 bits per heavy atom. The molecule has 1 saturated heterocycles. The predicted molar refractivity (Wildman–Crippen MR) is 59.0 cm³/mol. The third-order valence-electron chi connectivity index (χ3n) is 3.24. The molecule has 0 bridgehead atoms. The number of hydrogen-bond acceptors (Lipinski definition) is 1. The molecule has 1 rings (SSSR count). The van der Waals surface area contributed by atoms with Gasteiger partial charge >= 0.3 is 0 Å². The molecule has 0 aliphatic carbocycles. The van der Waals surface area contributed by atoms with Gasteiger partial charge in [0.25, 0.3) is 0 Å². The lowest BCUT2D eigenvalue weighted by Gasteiger charge is -2.30. The molecule has 0 saturated carbocycles. The molecule has 1 heteroatoms. The van der Waals surface area contributed by atoms with Gasteiger partial charge in [-0.25, -0.2) is 0 Å². The zero-order chi connectivity index (χ0) is 9.52. The fourth-order valence-corrected chi connectivity index (χ4v) is 2.34. The Labute approximate surface area is 83.5 Å². The number of nitrogens with zero attached hydrogens (tertiary/aromatic N) is 1. The molecule has 1 heterocycles. The first-order valence-corrected chi connectivity index (χ1v) is 6.09. The lowest BCUT2D eigenvalue weighted by Crippen LogP contribution is -2.34. The summed E-state index contributed by atoms with van der Waals surface area (Å²) in [7, 11) is 0. The van der Waals surface area contributed by atoms with E-state index in [-0.39, 0.29) is 0 Å². The molecule has 0 amide bonds. The van der Waals surface area contributed by atoms with Crippen LogP contribution in [-0.4, -0.2) is 24.5 Å². The Kier molecular flexibility index (Phi) is 5.45. The van der Waals surface area contributed by atoms with Crippen LogP contribution < -0.4 is 0 Å². The van der Waals surface area contributed by atoms with Gasteiger partial charge in [-0.1, -0.05) is 33.1 Å². The van der Waals surface area contributed by atoms with E-state index < -0.39 is 0 Å². The molecule has 1 aliphatic rings. The third-order valence-corrected chi connectivity index (χ3v) is 3.24. The highest BCUT2D eigenvalue weighted by Gasteiger charge is 2.14. The van der Waals surface area contributed by atoms with Crippen molar-refractivity contribution in [3.63, 3.8) is 0 Å². The zero-order valence-electron chi connectivity index (χ0n) is 9.39. The van der Waals surface area contributed by atoms with Crippen molar-refractivity contribution in [1.82, 2.24) is 4.90 Å². The van der Waals surface area contributed by atoms with Crippen LogP contribution in [0.2, 0.25) is 0 Å². The monoisotopic (exact) mass is 183 g/mol. The SMILES string of the molecule is CCCC(CC)CN1CCCCC1. The van der Waals surface area contributed by atoms with E-state index in [9.17, 15) is 0 Å². The van der Waals surface area contributed by atoms with Gasteiger partial charge < -0.3 is 4.90 Å². The Bertz CT molecular complexity index is 114.